The van der Waals surface area contributed by atoms with Gasteiger partial charge in [0.25, 0.3) is 23.6 Å². The van der Waals surface area contributed by atoms with Crippen molar-refractivity contribution < 1.29 is 54.3 Å². The van der Waals surface area contributed by atoms with Crippen molar-refractivity contribution in [3.05, 3.63) is 328 Å². The van der Waals surface area contributed by atoms with Gasteiger partial charge in [-0.3, -0.25) is 39.1 Å². The standard InChI is InChI=1S/C22H12ClF4N3O.C21H13Cl2N3O.C21H13ClF3N3O2.C19H10Cl3N3OS/c23-17-6-5-15(10-16(17)20-11-28-18-3-1-2-4-19(18)30-20)29-21(31)12-7-13(22(25,26)27)9-14(24)8-12;22-14-5-3-4-13(10-14)21(27)25-15-8-9-17(23)16(11-15)20-12-24-18-6-1-2-7-19(18)26-20;1-11-8-14(19(30-11)21(23,24)25)20(29)27-12-6-7-15(22)13(9-12)18-10-26-16-4-2-3-5-17(16)28-18;20-13-6-5-10(24-19(26)12-8-17(21)27-18(12)22)7-11(13)16-9-23-14-3-1-2-4-15(14)25-16/h1-11H,(H,29,31);1-12H,(H,25,27);2-10H,1H3,(H,27,29);1-9H,(H,24,26). The van der Waals surface area contributed by atoms with E-state index < -0.39 is 52.4 Å². The minimum Gasteiger partial charge on any atom is -0.456 e. The molecule has 10 aromatic carbocycles. The quantitative estimate of drug-likeness (QED) is 0.0835. The molecular weight excluding hydrogens is 1660 g/mol. The number of alkyl halides is 6. The second-order valence-corrected chi connectivity index (χ2v) is 29.0. The number of hydrogen-bond acceptors (Lipinski definition) is 14. The molecule has 0 aliphatic rings. The molecule has 0 fully saturated rings. The Morgan fingerprint density at radius 2 is 0.722 bits per heavy atom. The number of carbonyl (C=O) groups excluding carboxylic acids is 4. The molecule has 0 saturated heterocycles. The summed E-state index contributed by atoms with van der Waals surface area (Å²) >= 11 is 44.3. The van der Waals surface area contributed by atoms with Gasteiger partial charge in [0.05, 0.1) is 133 Å². The van der Waals surface area contributed by atoms with Gasteiger partial charge >= 0.3 is 12.4 Å². The molecule has 0 bridgehead atoms. The predicted octanol–water partition coefficient (Wildman–Crippen LogP) is 24.9. The minimum absolute atomic E-state index is 0.0179. The summed E-state index contributed by atoms with van der Waals surface area (Å²) in [6.07, 6.45) is -3.17. The molecule has 115 heavy (non-hydrogen) atoms. The first-order valence-corrected chi connectivity index (χ1v) is 37.1. The largest absolute Gasteiger partial charge is 0.456 e. The number of halogens is 14. The number of aromatic nitrogens is 8. The van der Waals surface area contributed by atoms with Crippen molar-refractivity contribution in [2.75, 3.05) is 21.3 Å². The van der Waals surface area contributed by atoms with Crippen LogP contribution in [0.4, 0.5) is 53.5 Å². The average molecular weight is 1710 g/mol. The molecule has 32 heteroatoms. The average Bonchev–Trinajstić information content (AvgIpc) is 1.75. The van der Waals surface area contributed by atoms with Crippen molar-refractivity contribution in [1.29, 1.82) is 0 Å². The molecule has 6 heterocycles. The summed E-state index contributed by atoms with van der Waals surface area (Å²) in [5.41, 5.74) is 10.5. The highest BCUT2D eigenvalue weighted by molar-refractivity contribution is 7.20. The van der Waals surface area contributed by atoms with Crippen LogP contribution in [-0.4, -0.2) is 63.5 Å². The van der Waals surface area contributed by atoms with Crippen LogP contribution < -0.4 is 21.3 Å². The zero-order chi connectivity index (χ0) is 81.4. The van der Waals surface area contributed by atoms with Crippen LogP contribution in [0.15, 0.2) is 254 Å². The number of benzene rings is 10. The van der Waals surface area contributed by atoms with E-state index >= 15 is 0 Å². The van der Waals surface area contributed by atoms with Gasteiger partial charge < -0.3 is 25.7 Å². The van der Waals surface area contributed by atoms with E-state index in [1.165, 1.54) is 61.8 Å². The Labute approximate surface area is 686 Å². The Morgan fingerprint density at radius 3 is 1.07 bits per heavy atom. The molecule has 0 saturated carbocycles. The number of hydrogen-bond donors (Lipinski definition) is 4. The van der Waals surface area contributed by atoms with Gasteiger partial charge in [-0.1, -0.05) is 136 Å². The Hall–Kier alpha value is -12.0. The summed E-state index contributed by atoms with van der Waals surface area (Å²) in [6, 6.07) is 60.1. The molecule has 16 aromatic rings. The molecule has 574 valence electrons. The van der Waals surface area contributed by atoms with Crippen LogP contribution in [0.3, 0.4) is 0 Å². The van der Waals surface area contributed by atoms with Gasteiger partial charge in [0.2, 0.25) is 5.76 Å². The summed E-state index contributed by atoms with van der Waals surface area (Å²) in [5, 5.41) is 12.8. The van der Waals surface area contributed by atoms with E-state index in [-0.39, 0.29) is 28.9 Å². The normalized spacial score (nSPS) is 11.2. The predicted molar refractivity (Wildman–Crippen MR) is 437 cm³/mol. The molecule has 0 atom stereocenters. The number of furan rings is 1. The van der Waals surface area contributed by atoms with E-state index in [2.05, 4.69) is 65.6 Å². The van der Waals surface area contributed by atoms with Gasteiger partial charge in [-0.2, -0.15) is 26.3 Å². The van der Waals surface area contributed by atoms with Crippen molar-refractivity contribution in [1.82, 2.24) is 39.9 Å². The second-order valence-electron chi connectivity index (χ2n) is 24.6. The van der Waals surface area contributed by atoms with E-state index in [9.17, 15) is 49.9 Å². The number of fused-ring (bicyclic) bond motifs is 4. The highest BCUT2D eigenvalue weighted by atomic mass is 35.5. The summed E-state index contributed by atoms with van der Waals surface area (Å²) in [7, 11) is 0. The molecular formula is C83H48Cl7F7N12O5S. The van der Waals surface area contributed by atoms with E-state index in [0.29, 0.717) is 136 Å². The third-order valence-corrected chi connectivity index (χ3v) is 19.7. The highest BCUT2D eigenvalue weighted by Crippen LogP contribution is 2.39. The Kier molecular flexibility index (Phi) is 24.8. The summed E-state index contributed by atoms with van der Waals surface area (Å²) in [6.45, 7) is 1.34. The molecule has 4 N–H and O–H groups in total. The Balaban J connectivity index is 0.000000134. The first kappa shape index (κ1) is 81.0. The van der Waals surface area contributed by atoms with Crippen LogP contribution in [0.2, 0.25) is 33.8 Å². The van der Waals surface area contributed by atoms with E-state index in [0.717, 1.165) is 45.5 Å². The molecule has 0 aliphatic carbocycles. The van der Waals surface area contributed by atoms with Crippen LogP contribution in [0, 0.1) is 12.7 Å². The van der Waals surface area contributed by atoms with Gasteiger partial charge in [-0.05, 0) is 177 Å². The fourth-order valence-corrected chi connectivity index (χ4v) is 13.8. The van der Waals surface area contributed by atoms with Crippen molar-refractivity contribution >= 4 is 183 Å². The minimum atomic E-state index is -4.78. The first-order chi connectivity index (χ1) is 55.0. The lowest BCUT2D eigenvalue weighted by atomic mass is 10.1. The van der Waals surface area contributed by atoms with Gasteiger partial charge in [-0.25, -0.2) is 24.3 Å². The maximum absolute atomic E-state index is 13.6. The van der Waals surface area contributed by atoms with E-state index in [1.54, 1.807) is 91.3 Å². The zero-order valence-electron chi connectivity index (χ0n) is 58.5. The molecule has 6 aromatic heterocycles. The van der Waals surface area contributed by atoms with Crippen LogP contribution >= 0.6 is 92.5 Å². The molecule has 0 spiro atoms. The van der Waals surface area contributed by atoms with Gasteiger partial charge in [-0.15, -0.1) is 11.3 Å². The fraction of sp³-hybridized carbons (Fsp3) is 0.0361. The van der Waals surface area contributed by atoms with Gasteiger partial charge in [0, 0.05) is 61.2 Å². The summed E-state index contributed by atoms with van der Waals surface area (Å²) in [4.78, 5) is 85.5. The summed E-state index contributed by atoms with van der Waals surface area (Å²) in [5.74, 6) is -4.97. The van der Waals surface area contributed by atoms with Crippen LogP contribution in [0.25, 0.3) is 89.2 Å². The molecule has 16 rings (SSSR count). The summed E-state index contributed by atoms with van der Waals surface area (Å²) < 4.78 is 97.2. The lowest BCUT2D eigenvalue weighted by Gasteiger charge is -2.11. The number of carbonyl (C=O) groups is 4. The van der Waals surface area contributed by atoms with Crippen molar-refractivity contribution in [3.8, 4) is 45.0 Å². The van der Waals surface area contributed by atoms with Gasteiger partial charge in [0.1, 0.15) is 15.9 Å². The molecule has 4 amide bonds. The van der Waals surface area contributed by atoms with E-state index in [1.807, 2.05) is 78.9 Å². The molecule has 0 aliphatic heterocycles. The highest BCUT2D eigenvalue weighted by Gasteiger charge is 2.40. The number of amides is 4. The number of rotatable bonds is 12. The molecule has 0 radical (unpaired) electrons. The molecule has 17 nitrogen and oxygen atoms in total. The van der Waals surface area contributed by atoms with E-state index in [4.69, 9.17) is 81.2 Å². The topological polar surface area (TPSA) is 233 Å². The monoisotopic (exact) mass is 1700 g/mol. The lowest BCUT2D eigenvalue weighted by molar-refractivity contribution is -0.153. The van der Waals surface area contributed by atoms with Crippen LogP contribution in [-0.2, 0) is 12.4 Å². The number of thiophene rings is 1. The number of aryl methyl sites for hydroxylation is 1. The second kappa shape index (κ2) is 35.1. The third-order valence-electron chi connectivity index (χ3n) is 16.6. The third kappa shape index (κ3) is 20.0. The van der Waals surface area contributed by atoms with Gasteiger partial charge in [0.15, 0.2) is 0 Å². The van der Waals surface area contributed by atoms with Crippen molar-refractivity contribution in [3.63, 3.8) is 0 Å². The van der Waals surface area contributed by atoms with Crippen molar-refractivity contribution in [2.45, 2.75) is 19.3 Å². The Bertz CT molecular complexity index is 6460. The van der Waals surface area contributed by atoms with Crippen LogP contribution in [0.5, 0.6) is 0 Å². The number of nitrogens with zero attached hydrogens (tertiary/aromatic N) is 8. The SMILES string of the molecule is Cc1cc(C(=O)Nc2ccc(Cl)c(-c3cnc4ccccc4n3)c2)c(C(F)(F)F)o1.O=C(Nc1ccc(Cl)c(-c2cnc3ccccc3n2)c1)c1cc(Cl)sc1Cl.O=C(Nc1ccc(Cl)c(-c2cnc3ccccc3n2)c1)c1cc(F)cc(C(F)(F)F)c1.O=C(Nc1ccc(Cl)c(-c2cnc3ccccc3n2)c1)c1cccc(Cl)c1. The Morgan fingerprint density at radius 1 is 0.365 bits per heavy atom. The van der Waals surface area contributed by atoms with Crippen molar-refractivity contribution in [2.24, 2.45) is 0 Å². The maximum Gasteiger partial charge on any atom is 0.450 e. The number of anilines is 4. The maximum atomic E-state index is 13.6. The van der Waals surface area contributed by atoms with Crippen LogP contribution in [0.1, 0.15) is 58.5 Å². The zero-order valence-corrected chi connectivity index (χ0v) is 64.6. The molecule has 0 unspecified atom stereocenters. The smallest absolute Gasteiger partial charge is 0.450 e. The lowest BCUT2D eigenvalue weighted by Crippen LogP contribution is -2.16. The fourth-order valence-electron chi connectivity index (χ4n) is 11.3. The first-order valence-electron chi connectivity index (χ1n) is 33.6. The number of para-hydroxylation sites is 8. The number of nitrogens with one attached hydrogen (secondary N) is 4.